The van der Waals surface area contributed by atoms with Gasteiger partial charge in [-0.1, -0.05) is 0 Å². The van der Waals surface area contributed by atoms with E-state index < -0.39 is 0 Å². The second-order valence-electron chi connectivity index (χ2n) is 8.69. The van der Waals surface area contributed by atoms with Crippen LogP contribution >= 0.6 is 0 Å². The molecular formula is C22H24FN9. The minimum atomic E-state index is -0.308. The van der Waals surface area contributed by atoms with E-state index in [0.717, 1.165) is 41.5 Å². The zero-order valence-electron chi connectivity index (χ0n) is 17.9. The molecule has 0 amide bonds. The SMILES string of the molecule is CNc1cc(F)cc2c1[nH]c1nc(Nc3cnc(C)nc3)nc(N3CC4C[C@@H]3C[C@H]4N)c12. The molecule has 6 rings (SSSR count). The number of aromatic nitrogens is 5. The number of fused-ring (bicyclic) bond motifs is 5. The third-order valence-corrected chi connectivity index (χ3v) is 6.68. The molecule has 1 saturated heterocycles. The molecule has 4 heterocycles. The number of aromatic amines is 1. The van der Waals surface area contributed by atoms with E-state index in [2.05, 4.69) is 30.5 Å². The van der Waals surface area contributed by atoms with Gasteiger partial charge in [-0.3, -0.25) is 0 Å². The summed E-state index contributed by atoms with van der Waals surface area (Å²) >= 11 is 0. The number of hydrogen-bond donors (Lipinski definition) is 4. The zero-order valence-corrected chi connectivity index (χ0v) is 17.9. The number of halogens is 1. The lowest BCUT2D eigenvalue weighted by atomic mass is 10.0. The van der Waals surface area contributed by atoms with E-state index in [9.17, 15) is 4.39 Å². The first-order valence-corrected chi connectivity index (χ1v) is 10.8. The molecule has 1 saturated carbocycles. The van der Waals surface area contributed by atoms with Crippen LogP contribution in [-0.4, -0.2) is 50.6 Å². The van der Waals surface area contributed by atoms with Gasteiger partial charge in [-0.2, -0.15) is 9.97 Å². The predicted molar refractivity (Wildman–Crippen MR) is 123 cm³/mol. The number of benzene rings is 1. The Bertz CT molecular complexity index is 1330. The number of nitrogens with one attached hydrogen (secondary N) is 3. The number of nitrogens with two attached hydrogens (primary N) is 1. The van der Waals surface area contributed by atoms with Crippen LogP contribution in [0.15, 0.2) is 24.5 Å². The lowest BCUT2D eigenvalue weighted by Crippen LogP contribution is -2.41. The minimum absolute atomic E-state index is 0.229. The van der Waals surface area contributed by atoms with Gasteiger partial charge in [-0.05, 0) is 37.8 Å². The highest BCUT2D eigenvalue weighted by Crippen LogP contribution is 2.43. The molecule has 4 aromatic rings. The van der Waals surface area contributed by atoms with Gasteiger partial charge >= 0.3 is 0 Å². The molecule has 2 aliphatic rings. The van der Waals surface area contributed by atoms with E-state index in [1.54, 1.807) is 25.5 Å². The van der Waals surface area contributed by atoms with Gasteiger partial charge in [0.15, 0.2) is 0 Å². The van der Waals surface area contributed by atoms with E-state index in [1.807, 2.05) is 6.92 Å². The Balaban J connectivity index is 1.55. The molecule has 5 N–H and O–H groups in total. The minimum Gasteiger partial charge on any atom is -0.386 e. The lowest BCUT2D eigenvalue weighted by Gasteiger charge is -2.31. The van der Waals surface area contributed by atoms with Gasteiger partial charge in [0, 0.05) is 31.1 Å². The molecule has 164 valence electrons. The van der Waals surface area contributed by atoms with Crippen LogP contribution in [0.1, 0.15) is 18.7 Å². The van der Waals surface area contributed by atoms with E-state index >= 15 is 0 Å². The second kappa shape index (κ2) is 6.99. The lowest BCUT2D eigenvalue weighted by molar-refractivity contribution is 0.471. The summed E-state index contributed by atoms with van der Waals surface area (Å²) in [5.74, 6) is 2.06. The topological polar surface area (TPSA) is 121 Å². The van der Waals surface area contributed by atoms with Crippen LogP contribution in [-0.2, 0) is 0 Å². The van der Waals surface area contributed by atoms with E-state index in [-0.39, 0.29) is 11.9 Å². The Hall–Kier alpha value is -3.53. The molecule has 3 atom stereocenters. The summed E-state index contributed by atoms with van der Waals surface area (Å²) in [5, 5.41) is 7.87. The van der Waals surface area contributed by atoms with Crippen molar-refractivity contribution in [2.24, 2.45) is 11.7 Å². The summed E-state index contributed by atoms with van der Waals surface area (Å²) < 4.78 is 14.4. The third kappa shape index (κ3) is 2.94. The van der Waals surface area contributed by atoms with Gasteiger partial charge in [0.1, 0.15) is 23.1 Å². The molecule has 1 aliphatic heterocycles. The summed E-state index contributed by atoms with van der Waals surface area (Å²) in [6.45, 7) is 2.67. The molecule has 9 nitrogen and oxygen atoms in total. The summed E-state index contributed by atoms with van der Waals surface area (Å²) in [7, 11) is 1.78. The first-order chi connectivity index (χ1) is 15.5. The Morgan fingerprint density at radius 2 is 2.00 bits per heavy atom. The van der Waals surface area contributed by atoms with Crippen LogP contribution in [0.4, 0.5) is 27.5 Å². The van der Waals surface area contributed by atoms with Crippen molar-refractivity contribution in [1.29, 1.82) is 0 Å². The number of rotatable bonds is 4. The van der Waals surface area contributed by atoms with Gasteiger partial charge < -0.3 is 26.3 Å². The number of piperidine rings is 1. The quantitative estimate of drug-likeness (QED) is 0.388. The molecule has 32 heavy (non-hydrogen) atoms. The number of aryl methyl sites for hydroxylation is 1. The summed E-state index contributed by atoms with van der Waals surface area (Å²) in [6.07, 6.45) is 5.39. The Morgan fingerprint density at radius 3 is 2.69 bits per heavy atom. The van der Waals surface area contributed by atoms with E-state index in [1.165, 1.54) is 6.07 Å². The van der Waals surface area contributed by atoms with Gasteiger partial charge in [0.25, 0.3) is 0 Å². The first kappa shape index (κ1) is 19.2. The predicted octanol–water partition coefficient (Wildman–Crippen LogP) is 3.06. The van der Waals surface area contributed by atoms with Crippen LogP contribution in [0.2, 0.25) is 0 Å². The molecule has 1 aliphatic carbocycles. The van der Waals surface area contributed by atoms with Crippen LogP contribution in [0.25, 0.3) is 21.9 Å². The van der Waals surface area contributed by atoms with Gasteiger partial charge in [0.05, 0.1) is 34.7 Å². The maximum atomic E-state index is 14.4. The molecule has 10 heteroatoms. The van der Waals surface area contributed by atoms with E-state index in [4.69, 9.17) is 15.7 Å². The Kier molecular flexibility index (Phi) is 4.19. The van der Waals surface area contributed by atoms with Crippen LogP contribution in [0.3, 0.4) is 0 Å². The smallest absolute Gasteiger partial charge is 0.231 e. The van der Waals surface area contributed by atoms with E-state index in [0.29, 0.717) is 40.8 Å². The molecule has 2 fully saturated rings. The van der Waals surface area contributed by atoms with Crippen molar-refractivity contribution < 1.29 is 4.39 Å². The van der Waals surface area contributed by atoms with Gasteiger partial charge in [0.2, 0.25) is 5.95 Å². The van der Waals surface area contributed by atoms with Gasteiger partial charge in [-0.25, -0.2) is 14.4 Å². The van der Waals surface area contributed by atoms with Crippen LogP contribution in [0.5, 0.6) is 0 Å². The van der Waals surface area contributed by atoms with Crippen molar-refractivity contribution in [1.82, 2.24) is 24.9 Å². The van der Waals surface area contributed by atoms with Crippen molar-refractivity contribution in [3.05, 3.63) is 36.2 Å². The average molecular weight is 433 g/mol. The Morgan fingerprint density at radius 1 is 1.19 bits per heavy atom. The number of anilines is 4. The first-order valence-electron chi connectivity index (χ1n) is 10.8. The number of nitrogens with zero attached hydrogens (tertiary/aromatic N) is 5. The fourth-order valence-electron chi connectivity index (χ4n) is 5.14. The highest BCUT2D eigenvalue weighted by Gasteiger charge is 2.44. The highest BCUT2D eigenvalue weighted by atomic mass is 19.1. The fraction of sp³-hybridized carbons (Fsp3) is 0.364. The molecule has 0 spiro atoms. The maximum absolute atomic E-state index is 14.4. The highest BCUT2D eigenvalue weighted by molar-refractivity contribution is 6.15. The normalized spacial score (nSPS) is 22.2. The number of H-pyrrole nitrogens is 1. The van der Waals surface area contributed by atoms with Crippen LogP contribution < -0.4 is 21.3 Å². The standard InChI is InChI=1S/C22H24FN9/c1-10-26-7-13(8-27-10)28-22-30-20-18(15-4-12(23)5-17(25-2)19(15)29-20)21(31-22)32-9-11-3-14(32)6-16(11)24/h4-5,7-8,11,14,16,25H,3,6,9,24H2,1-2H3,(H2,28,29,30,31)/t11?,14-,16-/m1/s1. The van der Waals surface area contributed by atoms with Crippen molar-refractivity contribution in [2.75, 3.05) is 29.1 Å². The molecule has 3 aromatic heterocycles. The Labute approximate surface area is 183 Å². The molecule has 2 bridgehead atoms. The molecular weight excluding hydrogens is 409 g/mol. The summed E-state index contributed by atoms with van der Waals surface area (Å²) in [4.78, 5) is 23.8. The number of hydrogen-bond acceptors (Lipinski definition) is 8. The molecule has 1 aromatic carbocycles. The van der Waals surface area contributed by atoms with Gasteiger partial charge in [-0.15, -0.1) is 0 Å². The molecule has 0 radical (unpaired) electrons. The summed E-state index contributed by atoms with van der Waals surface area (Å²) in [6, 6.07) is 3.57. The average Bonchev–Trinajstić information content (AvgIpc) is 3.46. The second-order valence-corrected chi connectivity index (χ2v) is 8.69. The largest absolute Gasteiger partial charge is 0.386 e. The monoisotopic (exact) mass is 433 g/mol. The zero-order chi connectivity index (χ0) is 22.0. The van der Waals surface area contributed by atoms with Crippen molar-refractivity contribution in [3.8, 4) is 0 Å². The van der Waals surface area contributed by atoms with Crippen LogP contribution in [0, 0.1) is 18.7 Å². The summed E-state index contributed by atoms with van der Waals surface area (Å²) in [5.41, 5.74) is 9.12. The maximum Gasteiger partial charge on any atom is 0.231 e. The third-order valence-electron chi connectivity index (χ3n) is 6.68. The fourth-order valence-corrected chi connectivity index (χ4v) is 5.14. The molecule has 1 unspecified atom stereocenters. The van der Waals surface area contributed by atoms with Crippen molar-refractivity contribution >= 4 is 45.1 Å². The van der Waals surface area contributed by atoms with Crippen molar-refractivity contribution in [2.45, 2.75) is 31.8 Å². The van der Waals surface area contributed by atoms with Crippen molar-refractivity contribution in [3.63, 3.8) is 0 Å².